The summed E-state index contributed by atoms with van der Waals surface area (Å²) in [6.07, 6.45) is -6.38. The first-order valence-corrected chi connectivity index (χ1v) is 11.6. The monoisotopic (exact) mass is 546 g/mol. The van der Waals surface area contributed by atoms with Gasteiger partial charge in [0, 0.05) is 32.4 Å². The predicted octanol–water partition coefficient (Wildman–Crippen LogP) is 4.74. The van der Waals surface area contributed by atoms with Gasteiger partial charge in [-0.15, -0.1) is 0 Å². The average molecular weight is 547 g/mol. The van der Waals surface area contributed by atoms with E-state index in [0.29, 0.717) is 36.8 Å². The van der Waals surface area contributed by atoms with E-state index >= 15 is 0 Å². The van der Waals surface area contributed by atoms with Crippen molar-refractivity contribution in [3.63, 3.8) is 0 Å². The van der Waals surface area contributed by atoms with Crippen molar-refractivity contribution < 1.29 is 35.9 Å². The first kappa shape index (κ1) is 26.9. The van der Waals surface area contributed by atoms with E-state index in [4.69, 9.17) is 11.6 Å². The third kappa shape index (κ3) is 6.24. The second-order valence-corrected chi connectivity index (χ2v) is 9.08. The van der Waals surface area contributed by atoms with Gasteiger partial charge in [-0.3, -0.25) is 19.4 Å². The number of amides is 2. The van der Waals surface area contributed by atoms with E-state index in [-0.39, 0.29) is 42.9 Å². The quantitative estimate of drug-likeness (QED) is 0.520. The standard InChI is InChI=1S/C24H21ClF6N4O2/c25-19-3-1-16(11-18(19)24(29,30)31)15-5-7-34(8-6-15)21(36)13-33-9-10-35(22(37)14-33)20-4-2-17(12-32-20)23(26,27)28/h1-5,11-12H,6-10,13-14H2. The van der Waals surface area contributed by atoms with Crippen LogP contribution in [0.5, 0.6) is 0 Å². The lowest BCUT2D eigenvalue weighted by atomic mass is 9.97. The second kappa shape index (κ2) is 10.3. The molecular formula is C24H21ClF6N4O2. The number of nitrogens with zero attached hydrogens (tertiary/aromatic N) is 4. The second-order valence-electron chi connectivity index (χ2n) is 8.67. The minimum Gasteiger partial charge on any atom is -0.338 e. The number of alkyl halides is 6. The Morgan fingerprint density at radius 1 is 1.00 bits per heavy atom. The molecule has 198 valence electrons. The number of hydrogen-bond acceptors (Lipinski definition) is 4. The summed E-state index contributed by atoms with van der Waals surface area (Å²) in [5.41, 5.74) is -0.758. The van der Waals surface area contributed by atoms with E-state index in [0.717, 1.165) is 18.2 Å². The van der Waals surface area contributed by atoms with Gasteiger partial charge in [-0.2, -0.15) is 26.3 Å². The van der Waals surface area contributed by atoms with Gasteiger partial charge in [0.15, 0.2) is 0 Å². The van der Waals surface area contributed by atoms with Gasteiger partial charge in [0.2, 0.25) is 11.8 Å². The highest BCUT2D eigenvalue weighted by atomic mass is 35.5. The zero-order valence-corrected chi connectivity index (χ0v) is 20.0. The topological polar surface area (TPSA) is 56.8 Å². The molecule has 2 amide bonds. The third-order valence-electron chi connectivity index (χ3n) is 6.21. The molecule has 4 rings (SSSR count). The molecule has 0 bridgehead atoms. The number of hydrogen-bond donors (Lipinski definition) is 0. The van der Waals surface area contributed by atoms with Gasteiger partial charge in [0.05, 0.1) is 29.2 Å². The highest BCUT2D eigenvalue weighted by Crippen LogP contribution is 2.37. The van der Waals surface area contributed by atoms with E-state index in [1.165, 1.54) is 17.0 Å². The fourth-order valence-electron chi connectivity index (χ4n) is 4.20. The number of pyridine rings is 1. The van der Waals surface area contributed by atoms with Crippen LogP contribution in [0, 0.1) is 0 Å². The minimum absolute atomic E-state index is 0.0393. The largest absolute Gasteiger partial charge is 0.417 e. The highest BCUT2D eigenvalue weighted by Gasteiger charge is 2.34. The SMILES string of the molecule is O=C(CN1CCN(c2ccc(C(F)(F)F)cn2)C(=O)C1)N1CC=C(c2ccc(Cl)c(C(F)(F)F)c2)CC1. The molecule has 0 atom stereocenters. The number of benzene rings is 1. The van der Waals surface area contributed by atoms with Gasteiger partial charge in [-0.25, -0.2) is 4.98 Å². The Balaban J connectivity index is 1.32. The Hall–Kier alpha value is -3.12. The molecule has 2 aromatic rings. The van der Waals surface area contributed by atoms with Gasteiger partial charge < -0.3 is 4.90 Å². The van der Waals surface area contributed by atoms with Crippen LogP contribution in [-0.4, -0.2) is 65.9 Å². The summed E-state index contributed by atoms with van der Waals surface area (Å²) in [5, 5.41) is -0.381. The Morgan fingerprint density at radius 3 is 2.32 bits per heavy atom. The number of aromatic nitrogens is 1. The van der Waals surface area contributed by atoms with Gasteiger partial charge in [0.25, 0.3) is 0 Å². The van der Waals surface area contributed by atoms with Gasteiger partial charge in [0.1, 0.15) is 5.82 Å². The molecule has 0 spiro atoms. The van der Waals surface area contributed by atoms with Crippen molar-refractivity contribution in [2.24, 2.45) is 0 Å². The van der Waals surface area contributed by atoms with Crippen LogP contribution in [0.3, 0.4) is 0 Å². The lowest BCUT2D eigenvalue weighted by molar-refractivity contribution is -0.138. The fraction of sp³-hybridized carbons (Fsp3) is 0.375. The minimum atomic E-state index is -4.58. The van der Waals surface area contributed by atoms with E-state index < -0.39 is 29.4 Å². The smallest absolute Gasteiger partial charge is 0.338 e. The van der Waals surface area contributed by atoms with Crippen molar-refractivity contribution in [1.82, 2.24) is 14.8 Å². The zero-order chi connectivity index (χ0) is 27.0. The number of piperazine rings is 1. The molecule has 37 heavy (non-hydrogen) atoms. The van der Waals surface area contributed by atoms with Crippen LogP contribution < -0.4 is 4.90 Å². The summed E-state index contributed by atoms with van der Waals surface area (Å²) >= 11 is 5.69. The van der Waals surface area contributed by atoms with Crippen LogP contribution in [-0.2, 0) is 21.9 Å². The number of rotatable bonds is 4. The summed E-state index contributed by atoms with van der Waals surface area (Å²) in [5.74, 6) is -0.528. The molecule has 0 N–H and O–H groups in total. The summed E-state index contributed by atoms with van der Waals surface area (Å²) in [6.45, 7) is 0.850. The van der Waals surface area contributed by atoms with Crippen LogP contribution >= 0.6 is 11.6 Å². The Bertz CT molecular complexity index is 1210. The molecule has 0 radical (unpaired) electrons. The molecule has 0 saturated carbocycles. The molecule has 2 aliphatic rings. The van der Waals surface area contributed by atoms with E-state index in [2.05, 4.69) is 4.98 Å². The molecule has 1 aromatic heterocycles. The molecule has 1 fully saturated rings. The first-order chi connectivity index (χ1) is 17.3. The van der Waals surface area contributed by atoms with Crippen molar-refractivity contribution in [3.05, 3.63) is 64.3 Å². The number of halogens is 7. The van der Waals surface area contributed by atoms with E-state index in [1.807, 2.05) is 0 Å². The first-order valence-electron chi connectivity index (χ1n) is 11.2. The maximum Gasteiger partial charge on any atom is 0.417 e. The molecule has 1 aromatic carbocycles. The molecule has 0 unspecified atom stereocenters. The van der Waals surface area contributed by atoms with E-state index in [9.17, 15) is 35.9 Å². The fourth-order valence-corrected chi connectivity index (χ4v) is 4.43. The Labute approximate surface area is 213 Å². The van der Waals surface area contributed by atoms with Crippen LogP contribution in [0.1, 0.15) is 23.1 Å². The number of carbonyl (C=O) groups excluding carboxylic acids is 2. The van der Waals surface area contributed by atoms with Crippen LogP contribution in [0.15, 0.2) is 42.6 Å². The van der Waals surface area contributed by atoms with Crippen LogP contribution in [0.4, 0.5) is 32.2 Å². The van der Waals surface area contributed by atoms with Gasteiger partial charge in [-0.1, -0.05) is 23.7 Å². The third-order valence-corrected chi connectivity index (χ3v) is 6.54. The van der Waals surface area contributed by atoms with Crippen molar-refractivity contribution in [2.75, 3.05) is 44.2 Å². The maximum atomic E-state index is 13.2. The van der Waals surface area contributed by atoms with Crippen molar-refractivity contribution in [1.29, 1.82) is 0 Å². The van der Waals surface area contributed by atoms with Crippen molar-refractivity contribution >= 4 is 34.8 Å². The summed E-state index contributed by atoms with van der Waals surface area (Å²) < 4.78 is 77.7. The maximum absolute atomic E-state index is 13.2. The highest BCUT2D eigenvalue weighted by molar-refractivity contribution is 6.31. The zero-order valence-electron chi connectivity index (χ0n) is 19.2. The molecule has 0 aliphatic carbocycles. The molecule has 2 aliphatic heterocycles. The summed E-state index contributed by atoms with van der Waals surface area (Å²) in [6, 6.07) is 5.71. The molecular weight excluding hydrogens is 526 g/mol. The average Bonchev–Trinajstić information content (AvgIpc) is 2.83. The molecule has 3 heterocycles. The molecule has 13 heteroatoms. The van der Waals surface area contributed by atoms with Crippen LogP contribution in [0.25, 0.3) is 5.57 Å². The normalized spacial score (nSPS) is 17.7. The van der Waals surface area contributed by atoms with E-state index in [1.54, 1.807) is 15.9 Å². The van der Waals surface area contributed by atoms with Crippen LogP contribution in [0.2, 0.25) is 5.02 Å². The summed E-state index contributed by atoms with van der Waals surface area (Å²) in [4.78, 5) is 33.6. The number of carbonyl (C=O) groups is 2. The lowest BCUT2D eigenvalue weighted by Crippen LogP contribution is -2.53. The lowest BCUT2D eigenvalue weighted by Gasteiger charge is -2.35. The van der Waals surface area contributed by atoms with Gasteiger partial charge >= 0.3 is 12.4 Å². The summed E-state index contributed by atoms with van der Waals surface area (Å²) in [7, 11) is 0. The molecule has 1 saturated heterocycles. The van der Waals surface area contributed by atoms with Gasteiger partial charge in [-0.05, 0) is 41.8 Å². The Kier molecular flexibility index (Phi) is 7.52. The molecule has 6 nitrogen and oxygen atoms in total. The predicted molar refractivity (Wildman–Crippen MR) is 124 cm³/mol. The Morgan fingerprint density at radius 2 is 1.76 bits per heavy atom. The number of anilines is 1. The van der Waals surface area contributed by atoms with Crippen molar-refractivity contribution in [3.8, 4) is 0 Å². The van der Waals surface area contributed by atoms with Crippen molar-refractivity contribution in [2.45, 2.75) is 18.8 Å².